The highest BCUT2D eigenvalue weighted by Crippen LogP contribution is 2.24. The third kappa shape index (κ3) is 3.29. The first-order chi connectivity index (χ1) is 8.97. The van der Waals surface area contributed by atoms with E-state index in [0.29, 0.717) is 5.75 Å². The number of aromatic hydroxyl groups is 1. The van der Waals surface area contributed by atoms with Crippen molar-refractivity contribution >= 4 is 21.6 Å². The highest BCUT2D eigenvalue weighted by atomic mass is 79.9. The molecular weight excluding hydrogens is 302 g/mol. The van der Waals surface area contributed by atoms with E-state index in [-0.39, 0.29) is 0 Å². The van der Waals surface area contributed by atoms with Gasteiger partial charge < -0.3 is 10.4 Å². The molecule has 0 radical (unpaired) electrons. The van der Waals surface area contributed by atoms with Gasteiger partial charge in [-0.3, -0.25) is 0 Å². The summed E-state index contributed by atoms with van der Waals surface area (Å²) >= 11 is 3.53. The van der Waals surface area contributed by atoms with Crippen molar-refractivity contribution in [1.29, 1.82) is 0 Å². The van der Waals surface area contributed by atoms with Crippen LogP contribution in [0.3, 0.4) is 0 Å². The first kappa shape index (κ1) is 13.9. The predicted octanol–water partition coefficient (Wildman–Crippen LogP) is 4.69. The number of phenolic OH excluding ortho intramolecular Hbond substituents is 1. The average molecular weight is 320 g/mol. The van der Waals surface area contributed by atoms with E-state index >= 15 is 0 Å². The molecule has 0 saturated carbocycles. The van der Waals surface area contributed by atoms with E-state index < -0.39 is 0 Å². The Hall–Kier alpha value is -1.48. The number of nitrogens with one attached hydrogen (secondary N) is 1. The van der Waals surface area contributed by atoms with Crippen molar-refractivity contribution in [2.24, 2.45) is 0 Å². The minimum absolute atomic E-state index is 0.391. The van der Waals surface area contributed by atoms with Crippen molar-refractivity contribution in [1.82, 2.24) is 0 Å². The van der Waals surface area contributed by atoms with E-state index in [2.05, 4.69) is 46.4 Å². The molecule has 0 aromatic heterocycles. The zero-order valence-corrected chi connectivity index (χ0v) is 13.0. The Labute approximate surface area is 122 Å². The van der Waals surface area contributed by atoms with Gasteiger partial charge in [0.25, 0.3) is 0 Å². The van der Waals surface area contributed by atoms with E-state index in [0.717, 1.165) is 27.8 Å². The number of rotatable bonds is 3. The molecule has 2 N–H and O–H groups in total. The minimum atomic E-state index is 0.391. The SMILES string of the molecule is Cc1ccc(NCc2cc(C)c(O)c(C)c2)cc1Br. The molecule has 0 aliphatic rings. The zero-order valence-electron chi connectivity index (χ0n) is 11.4. The number of phenols is 1. The van der Waals surface area contributed by atoms with Gasteiger partial charge in [-0.15, -0.1) is 0 Å². The van der Waals surface area contributed by atoms with E-state index in [9.17, 15) is 5.11 Å². The normalized spacial score (nSPS) is 10.5. The third-order valence-corrected chi connectivity index (χ3v) is 4.07. The highest BCUT2D eigenvalue weighted by Gasteiger charge is 2.04. The molecule has 0 unspecified atom stereocenters. The molecule has 0 bridgehead atoms. The Morgan fingerprint density at radius 1 is 1.00 bits per heavy atom. The lowest BCUT2D eigenvalue weighted by atomic mass is 10.1. The van der Waals surface area contributed by atoms with Crippen molar-refractivity contribution in [3.63, 3.8) is 0 Å². The molecule has 0 spiro atoms. The Balaban J connectivity index is 2.12. The highest BCUT2D eigenvalue weighted by molar-refractivity contribution is 9.10. The molecule has 0 heterocycles. The third-order valence-electron chi connectivity index (χ3n) is 3.22. The second-order valence-corrected chi connectivity index (χ2v) is 5.75. The van der Waals surface area contributed by atoms with Crippen molar-refractivity contribution in [2.45, 2.75) is 27.3 Å². The maximum absolute atomic E-state index is 9.76. The lowest BCUT2D eigenvalue weighted by Gasteiger charge is -2.11. The first-order valence-corrected chi connectivity index (χ1v) is 7.06. The molecule has 19 heavy (non-hydrogen) atoms. The van der Waals surface area contributed by atoms with Gasteiger partial charge in [-0.25, -0.2) is 0 Å². The quantitative estimate of drug-likeness (QED) is 0.860. The first-order valence-electron chi connectivity index (χ1n) is 6.26. The maximum Gasteiger partial charge on any atom is 0.121 e. The summed E-state index contributed by atoms with van der Waals surface area (Å²) in [6.45, 7) is 6.67. The van der Waals surface area contributed by atoms with Gasteiger partial charge >= 0.3 is 0 Å². The fourth-order valence-electron chi connectivity index (χ4n) is 2.05. The van der Waals surface area contributed by atoms with Crippen LogP contribution in [0.15, 0.2) is 34.8 Å². The molecule has 2 rings (SSSR count). The van der Waals surface area contributed by atoms with Crippen LogP contribution in [0.4, 0.5) is 5.69 Å². The summed E-state index contributed by atoms with van der Waals surface area (Å²) in [4.78, 5) is 0. The number of halogens is 1. The van der Waals surface area contributed by atoms with Crippen molar-refractivity contribution in [3.05, 3.63) is 57.1 Å². The molecule has 0 fully saturated rings. The summed E-state index contributed by atoms with van der Waals surface area (Å²) in [6, 6.07) is 10.3. The second kappa shape index (κ2) is 5.66. The molecule has 0 aliphatic heterocycles. The Morgan fingerprint density at radius 3 is 2.21 bits per heavy atom. The predicted molar refractivity (Wildman–Crippen MR) is 83.8 cm³/mol. The van der Waals surface area contributed by atoms with Gasteiger partial charge in [0.15, 0.2) is 0 Å². The minimum Gasteiger partial charge on any atom is -0.507 e. The number of aryl methyl sites for hydroxylation is 3. The van der Waals surface area contributed by atoms with E-state index in [1.165, 1.54) is 11.1 Å². The zero-order chi connectivity index (χ0) is 14.0. The molecule has 0 atom stereocenters. The molecule has 0 aliphatic carbocycles. The van der Waals surface area contributed by atoms with Crippen LogP contribution in [0, 0.1) is 20.8 Å². The van der Waals surface area contributed by atoms with Crippen LogP contribution < -0.4 is 5.32 Å². The van der Waals surface area contributed by atoms with E-state index in [4.69, 9.17) is 0 Å². The summed E-state index contributed by atoms with van der Waals surface area (Å²) in [5, 5.41) is 13.1. The largest absolute Gasteiger partial charge is 0.507 e. The summed E-state index contributed by atoms with van der Waals surface area (Å²) in [5.74, 6) is 0.391. The lowest BCUT2D eigenvalue weighted by molar-refractivity contribution is 0.466. The van der Waals surface area contributed by atoms with Crippen LogP contribution in [0.2, 0.25) is 0 Å². The molecule has 2 aromatic carbocycles. The van der Waals surface area contributed by atoms with Crippen LogP contribution in [0.25, 0.3) is 0 Å². The fourth-order valence-corrected chi connectivity index (χ4v) is 2.43. The number of hydrogen-bond acceptors (Lipinski definition) is 2. The van der Waals surface area contributed by atoms with Gasteiger partial charge in [0, 0.05) is 16.7 Å². The van der Waals surface area contributed by atoms with Gasteiger partial charge in [-0.2, -0.15) is 0 Å². The average Bonchev–Trinajstić information content (AvgIpc) is 2.37. The second-order valence-electron chi connectivity index (χ2n) is 4.90. The Morgan fingerprint density at radius 2 is 1.63 bits per heavy atom. The summed E-state index contributed by atoms with van der Waals surface area (Å²) in [7, 11) is 0. The van der Waals surface area contributed by atoms with Crippen LogP contribution in [0.5, 0.6) is 5.75 Å². The molecule has 2 nitrogen and oxygen atoms in total. The van der Waals surface area contributed by atoms with E-state index in [1.807, 2.05) is 26.0 Å². The number of benzene rings is 2. The van der Waals surface area contributed by atoms with Gasteiger partial charge in [-0.1, -0.05) is 34.1 Å². The van der Waals surface area contributed by atoms with Crippen molar-refractivity contribution in [2.75, 3.05) is 5.32 Å². The number of hydrogen-bond donors (Lipinski definition) is 2. The Bertz CT molecular complexity index is 585. The van der Waals surface area contributed by atoms with Crippen LogP contribution in [-0.4, -0.2) is 5.11 Å². The van der Waals surface area contributed by atoms with Gasteiger partial charge in [0.2, 0.25) is 0 Å². The van der Waals surface area contributed by atoms with Gasteiger partial charge in [-0.05, 0) is 55.2 Å². The maximum atomic E-state index is 9.76. The topological polar surface area (TPSA) is 32.3 Å². The van der Waals surface area contributed by atoms with Crippen LogP contribution in [0.1, 0.15) is 22.3 Å². The molecule has 0 saturated heterocycles. The van der Waals surface area contributed by atoms with Crippen LogP contribution in [-0.2, 0) is 6.54 Å². The molecule has 3 heteroatoms. The summed E-state index contributed by atoms with van der Waals surface area (Å²) in [5.41, 5.74) is 5.32. The number of anilines is 1. The molecular formula is C16H18BrNO. The van der Waals surface area contributed by atoms with Crippen molar-refractivity contribution in [3.8, 4) is 5.75 Å². The van der Waals surface area contributed by atoms with E-state index in [1.54, 1.807) is 0 Å². The molecule has 100 valence electrons. The monoisotopic (exact) mass is 319 g/mol. The summed E-state index contributed by atoms with van der Waals surface area (Å²) in [6.07, 6.45) is 0. The lowest BCUT2D eigenvalue weighted by Crippen LogP contribution is -2.00. The standard InChI is InChI=1S/C16H18BrNO/c1-10-4-5-14(8-15(10)17)18-9-13-6-11(2)16(19)12(3)7-13/h4-8,18-19H,9H2,1-3H3. The van der Waals surface area contributed by atoms with Gasteiger partial charge in [0.05, 0.1) is 0 Å². The fraction of sp³-hybridized carbons (Fsp3) is 0.250. The van der Waals surface area contributed by atoms with Crippen molar-refractivity contribution < 1.29 is 5.11 Å². The van der Waals surface area contributed by atoms with Crippen LogP contribution >= 0.6 is 15.9 Å². The smallest absolute Gasteiger partial charge is 0.121 e. The van der Waals surface area contributed by atoms with Gasteiger partial charge in [0.1, 0.15) is 5.75 Å². The Kier molecular flexibility index (Phi) is 4.15. The molecule has 0 amide bonds. The summed E-state index contributed by atoms with van der Waals surface area (Å²) < 4.78 is 1.11. The molecule has 2 aromatic rings.